The van der Waals surface area contributed by atoms with Gasteiger partial charge in [0.15, 0.2) is 5.78 Å². The van der Waals surface area contributed by atoms with Crippen molar-refractivity contribution in [2.45, 2.75) is 38.5 Å². The summed E-state index contributed by atoms with van der Waals surface area (Å²) >= 11 is 0. The molecule has 3 nitrogen and oxygen atoms in total. The molecule has 2 heterocycles. The van der Waals surface area contributed by atoms with Crippen LogP contribution in [-0.4, -0.2) is 19.9 Å². The highest BCUT2D eigenvalue weighted by Crippen LogP contribution is 2.48. The van der Waals surface area contributed by atoms with Crippen LogP contribution in [0.1, 0.15) is 38.8 Å². The van der Waals surface area contributed by atoms with E-state index >= 15 is 0 Å². The molecule has 0 bridgehead atoms. The molecule has 2 aromatic carbocycles. The molecule has 0 aromatic heterocycles. The second kappa shape index (κ2) is 6.10. The molecule has 3 heteroatoms. The number of carbonyl (C=O) groups excluding carboxylic acids is 1. The van der Waals surface area contributed by atoms with Crippen LogP contribution < -0.4 is 9.80 Å². The lowest BCUT2D eigenvalue weighted by Gasteiger charge is -2.25. The molecule has 0 saturated carbocycles. The van der Waals surface area contributed by atoms with E-state index in [4.69, 9.17) is 0 Å². The molecule has 2 aliphatic heterocycles. The van der Waals surface area contributed by atoms with Gasteiger partial charge < -0.3 is 9.80 Å². The molecule has 0 amide bonds. The van der Waals surface area contributed by atoms with Gasteiger partial charge in [0.2, 0.25) is 0 Å². The van der Waals surface area contributed by atoms with Crippen molar-refractivity contribution >= 4 is 17.2 Å². The van der Waals surface area contributed by atoms with Gasteiger partial charge in [-0.2, -0.15) is 0 Å². The molecular formula is C25H28N2O. The molecule has 0 spiro atoms. The molecule has 2 aromatic rings. The minimum Gasteiger partial charge on any atom is -0.347 e. The summed E-state index contributed by atoms with van der Waals surface area (Å²) in [5, 5.41) is 0. The Bertz CT molecular complexity index is 945. The minimum absolute atomic E-state index is 0.0328. The average molecular weight is 373 g/mol. The van der Waals surface area contributed by atoms with Gasteiger partial charge in [-0.1, -0.05) is 64.1 Å². The largest absolute Gasteiger partial charge is 0.347 e. The highest BCUT2D eigenvalue weighted by Gasteiger charge is 2.40. The van der Waals surface area contributed by atoms with Crippen molar-refractivity contribution in [1.29, 1.82) is 0 Å². The first-order valence-electron chi connectivity index (χ1n) is 9.80. The Balaban J connectivity index is 1.72. The van der Waals surface area contributed by atoms with Crippen molar-refractivity contribution in [1.82, 2.24) is 0 Å². The summed E-state index contributed by atoms with van der Waals surface area (Å²) in [6.45, 7) is 8.73. The zero-order valence-corrected chi connectivity index (χ0v) is 17.6. The SMILES string of the molecule is CN1/C(=C/C(=O)/C=C2/N(C)c3ccccc3C2(C)C)C(C)(C)c2ccccc21. The van der Waals surface area contributed by atoms with E-state index in [9.17, 15) is 4.79 Å². The number of rotatable bonds is 2. The minimum atomic E-state index is -0.195. The summed E-state index contributed by atoms with van der Waals surface area (Å²) in [4.78, 5) is 17.4. The summed E-state index contributed by atoms with van der Waals surface area (Å²) in [6.07, 6.45) is 3.61. The van der Waals surface area contributed by atoms with Crippen LogP contribution in [-0.2, 0) is 15.6 Å². The normalized spacial score (nSPS) is 21.9. The maximum absolute atomic E-state index is 13.1. The van der Waals surface area contributed by atoms with E-state index in [0.717, 1.165) is 11.4 Å². The van der Waals surface area contributed by atoms with E-state index < -0.39 is 0 Å². The van der Waals surface area contributed by atoms with Crippen molar-refractivity contribution < 1.29 is 4.79 Å². The quantitative estimate of drug-likeness (QED) is 0.679. The van der Waals surface area contributed by atoms with Crippen LogP contribution in [0, 0.1) is 0 Å². The lowest BCUT2D eigenvalue weighted by atomic mass is 9.82. The number of ketones is 1. The lowest BCUT2D eigenvalue weighted by molar-refractivity contribution is -0.110. The van der Waals surface area contributed by atoms with Gasteiger partial charge in [0.25, 0.3) is 0 Å². The van der Waals surface area contributed by atoms with Gasteiger partial charge in [0, 0.05) is 59.8 Å². The number of anilines is 2. The Hall–Kier alpha value is -2.81. The first-order valence-corrected chi connectivity index (χ1v) is 9.80. The molecule has 2 aliphatic rings. The van der Waals surface area contributed by atoms with E-state index in [2.05, 4.69) is 73.9 Å². The molecule has 0 unspecified atom stereocenters. The van der Waals surface area contributed by atoms with Gasteiger partial charge >= 0.3 is 0 Å². The molecule has 28 heavy (non-hydrogen) atoms. The van der Waals surface area contributed by atoms with Crippen molar-refractivity contribution in [3.63, 3.8) is 0 Å². The van der Waals surface area contributed by atoms with Crippen molar-refractivity contribution in [3.8, 4) is 0 Å². The number of allylic oxidation sites excluding steroid dienone is 4. The highest BCUT2D eigenvalue weighted by atomic mass is 16.1. The number of hydrogen-bond donors (Lipinski definition) is 0. The smallest absolute Gasteiger partial charge is 0.182 e. The number of nitrogens with zero attached hydrogens (tertiary/aromatic N) is 2. The van der Waals surface area contributed by atoms with Crippen molar-refractivity contribution in [2.75, 3.05) is 23.9 Å². The van der Waals surface area contributed by atoms with Gasteiger partial charge in [-0.15, -0.1) is 0 Å². The van der Waals surface area contributed by atoms with Gasteiger partial charge in [0.1, 0.15) is 0 Å². The first-order chi connectivity index (χ1) is 13.2. The molecule has 0 N–H and O–H groups in total. The van der Waals surface area contributed by atoms with Crippen LogP contribution in [0.4, 0.5) is 11.4 Å². The Kier molecular flexibility index (Phi) is 4.04. The monoisotopic (exact) mass is 372 g/mol. The molecule has 0 aliphatic carbocycles. The highest BCUT2D eigenvalue weighted by molar-refractivity contribution is 6.02. The topological polar surface area (TPSA) is 23.6 Å². The number of hydrogen-bond acceptors (Lipinski definition) is 3. The third kappa shape index (κ3) is 2.53. The van der Waals surface area contributed by atoms with Gasteiger partial charge in [-0.05, 0) is 23.3 Å². The Morgan fingerprint density at radius 1 is 0.714 bits per heavy atom. The number of fused-ring (bicyclic) bond motifs is 2. The zero-order valence-electron chi connectivity index (χ0n) is 17.6. The van der Waals surface area contributed by atoms with Crippen LogP contribution in [0.2, 0.25) is 0 Å². The predicted molar refractivity (Wildman–Crippen MR) is 117 cm³/mol. The summed E-state index contributed by atoms with van der Waals surface area (Å²) in [5.74, 6) is 0.0328. The maximum Gasteiger partial charge on any atom is 0.182 e. The van der Waals surface area contributed by atoms with E-state index in [1.807, 2.05) is 26.2 Å². The second-order valence-corrected chi connectivity index (χ2v) is 8.86. The molecule has 0 radical (unpaired) electrons. The molecule has 4 rings (SSSR count). The van der Waals surface area contributed by atoms with E-state index in [0.29, 0.717) is 0 Å². The van der Waals surface area contributed by atoms with E-state index in [1.165, 1.54) is 22.5 Å². The Labute approximate surface area is 168 Å². The van der Waals surface area contributed by atoms with Crippen LogP contribution >= 0.6 is 0 Å². The summed E-state index contributed by atoms with van der Waals surface area (Å²) < 4.78 is 0. The lowest BCUT2D eigenvalue weighted by Crippen LogP contribution is -2.25. The third-order valence-electron chi connectivity index (χ3n) is 6.44. The maximum atomic E-state index is 13.1. The number of carbonyl (C=O) groups is 1. The van der Waals surface area contributed by atoms with Gasteiger partial charge in [-0.3, -0.25) is 4.79 Å². The van der Waals surface area contributed by atoms with Gasteiger partial charge in [0.05, 0.1) is 0 Å². The Morgan fingerprint density at radius 3 is 1.43 bits per heavy atom. The predicted octanol–water partition coefficient (Wildman–Crippen LogP) is 5.18. The fraction of sp³-hybridized carbons (Fsp3) is 0.320. The summed E-state index contributed by atoms with van der Waals surface area (Å²) in [6, 6.07) is 16.8. The summed E-state index contributed by atoms with van der Waals surface area (Å²) in [7, 11) is 4.09. The fourth-order valence-corrected chi connectivity index (χ4v) is 4.83. The zero-order chi connectivity index (χ0) is 20.3. The van der Waals surface area contributed by atoms with E-state index in [1.54, 1.807) is 12.2 Å². The molecule has 0 fully saturated rings. The number of benzene rings is 2. The van der Waals surface area contributed by atoms with Crippen LogP contribution in [0.15, 0.2) is 72.1 Å². The molecule has 0 saturated heterocycles. The van der Waals surface area contributed by atoms with Crippen LogP contribution in [0.25, 0.3) is 0 Å². The summed E-state index contributed by atoms with van der Waals surface area (Å²) in [5.41, 5.74) is 6.54. The Morgan fingerprint density at radius 2 is 1.07 bits per heavy atom. The second-order valence-electron chi connectivity index (χ2n) is 8.86. The number of para-hydroxylation sites is 2. The van der Waals surface area contributed by atoms with Crippen molar-refractivity contribution in [3.05, 3.63) is 83.2 Å². The number of likely N-dealkylation sites (N-methyl/N-ethyl adjacent to an activating group) is 2. The first kappa shape index (κ1) is 18.5. The van der Waals surface area contributed by atoms with Crippen molar-refractivity contribution in [2.24, 2.45) is 0 Å². The molecular weight excluding hydrogens is 344 g/mol. The average Bonchev–Trinajstić information content (AvgIpc) is 2.98. The molecule has 0 atom stereocenters. The van der Waals surface area contributed by atoms with E-state index in [-0.39, 0.29) is 16.6 Å². The van der Waals surface area contributed by atoms with Crippen LogP contribution in [0.5, 0.6) is 0 Å². The molecule has 144 valence electrons. The van der Waals surface area contributed by atoms with Crippen LogP contribution in [0.3, 0.4) is 0 Å². The third-order valence-corrected chi connectivity index (χ3v) is 6.44. The standard InChI is InChI=1S/C25H28N2O/c1-24(2)18-11-7-9-13-20(18)26(5)22(24)15-17(28)16-23-25(3,4)19-12-8-10-14-21(19)27(23)6/h7-16H,1-6H3/b22-15+,23-16+. The van der Waals surface area contributed by atoms with Gasteiger partial charge in [-0.25, -0.2) is 0 Å². The fourth-order valence-electron chi connectivity index (χ4n) is 4.83.